The minimum absolute atomic E-state index is 0.0819. The lowest BCUT2D eigenvalue weighted by Gasteiger charge is -2.30. The molecule has 0 aliphatic carbocycles. The molecule has 130 valence electrons. The summed E-state index contributed by atoms with van der Waals surface area (Å²) >= 11 is 0. The Balaban J connectivity index is 1.90. The second kappa shape index (κ2) is 7.34. The van der Waals surface area contributed by atoms with Gasteiger partial charge in [0.2, 0.25) is 0 Å². The molecule has 1 saturated heterocycles. The number of benzene rings is 2. The van der Waals surface area contributed by atoms with E-state index in [1.54, 1.807) is 19.1 Å². The highest BCUT2D eigenvalue weighted by Gasteiger charge is 2.23. The lowest BCUT2D eigenvalue weighted by atomic mass is 10.1. The number of hydrogen-bond acceptors (Lipinski definition) is 4. The Morgan fingerprint density at radius 1 is 1.08 bits per heavy atom. The summed E-state index contributed by atoms with van der Waals surface area (Å²) in [7, 11) is 0. The molecule has 2 aromatic rings. The van der Waals surface area contributed by atoms with Crippen LogP contribution in [-0.4, -0.2) is 23.9 Å². The molecule has 25 heavy (non-hydrogen) atoms. The molecule has 1 fully saturated rings. The molecule has 1 aliphatic rings. The van der Waals surface area contributed by atoms with Crippen molar-refractivity contribution in [3.63, 3.8) is 0 Å². The lowest BCUT2D eigenvalue weighted by Crippen LogP contribution is -2.30. The summed E-state index contributed by atoms with van der Waals surface area (Å²) < 4.78 is 0. The first-order valence-corrected chi connectivity index (χ1v) is 8.47. The molecule has 1 amide bonds. The van der Waals surface area contributed by atoms with E-state index in [1.165, 1.54) is 12.5 Å². The van der Waals surface area contributed by atoms with E-state index in [9.17, 15) is 14.9 Å². The van der Waals surface area contributed by atoms with Crippen LogP contribution in [0.25, 0.3) is 0 Å². The van der Waals surface area contributed by atoms with Crippen molar-refractivity contribution in [2.24, 2.45) is 0 Å². The van der Waals surface area contributed by atoms with Crippen molar-refractivity contribution in [2.75, 3.05) is 23.3 Å². The average molecular weight is 339 g/mol. The van der Waals surface area contributed by atoms with Crippen molar-refractivity contribution in [1.82, 2.24) is 0 Å². The second-order valence-electron chi connectivity index (χ2n) is 6.25. The van der Waals surface area contributed by atoms with Crippen molar-refractivity contribution < 1.29 is 9.72 Å². The molecule has 0 spiro atoms. The number of nitro groups is 1. The third kappa shape index (κ3) is 3.63. The van der Waals surface area contributed by atoms with Crippen LogP contribution < -0.4 is 10.2 Å². The number of rotatable bonds is 4. The first kappa shape index (κ1) is 17.0. The van der Waals surface area contributed by atoms with Crippen LogP contribution in [0.1, 0.15) is 35.2 Å². The van der Waals surface area contributed by atoms with Crippen LogP contribution in [-0.2, 0) is 0 Å². The molecule has 0 aromatic heterocycles. The summed E-state index contributed by atoms with van der Waals surface area (Å²) in [5.74, 6) is -0.458. The van der Waals surface area contributed by atoms with Crippen molar-refractivity contribution in [3.8, 4) is 0 Å². The highest BCUT2D eigenvalue weighted by molar-refractivity contribution is 6.08. The summed E-state index contributed by atoms with van der Waals surface area (Å²) in [6, 6.07) is 12.4. The molecule has 2 aromatic carbocycles. The molecule has 1 N–H and O–H groups in total. The molecule has 0 saturated carbocycles. The Morgan fingerprint density at radius 3 is 2.52 bits per heavy atom. The number of carbonyl (C=O) groups is 1. The first-order chi connectivity index (χ1) is 12.1. The van der Waals surface area contributed by atoms with Crippen molar-refractivity contribution >= 4 is 23.0 Å². The number of nitro benzene ring substituents is 1. The van der Waals surface area contributed by atoms with Gasteiger partial charge >= 0.3 is 0 Å². The van der Waals surface area contributed by atoms with E-state index in [0.29, 0.717) is 11.3 Å². The first-order valence-electron chi connectivity index (χ1n) is 8.47. The number of anilines is 2. The zero-order valence-electron chi connectivity index (χ0n) is 14.2. The van der Waals surface area contributed by atoms with E-state index in [-0.39, 0.29) is 11.3 Å². The monoisotopic (exact) mass is 339 g/mol. The molecule has 0 radical (unpaired) electrons. The topological polar surface area (TPSA) is 75.5 Å². The van der Waals surface area contributed by atoms with Gasteiger partial charge in [0.25, 0.3) is 11.6 Å². The summed E-state index contributed by atoms with van der Waals surface area (Å²) in [5.41, 5.74) is 2.06. The Morgan fingerprint density at radius 2 is 1.80 bits per heavy atom. The van der Waals surface area contributed by atoms with Gasteiger partial charge in [-0.1, -0.05) is 24.3 Å². The summed E-state index contributed by atoms with van der Waals surface area (Å²) in [6.07, 6.45) is 3.48. The highest BCUT2D eigenvalue weighted by atomic mass is 16.6. The molecule has 1 heterocycles. The second-order valence-corrected chi connectivity index (χ2v) is 6.25. The van der Waals surface area contributed by atoms with E-state index in [2.05, 4.69) is 10.2 Å². The van der Waals surface area contributed by atoms with Gasteiger partial charge in [-0.3, -0.25) is 14.9 Å². The Kier molecular flexibility index (Phi) is 4.97. The quantitative estimate of drug-likeness (QED) is 0.671. The zero-order valence-corrected chi connectivity index (χ0v) is 14.2. The van der Waals surface area contributed by atoms with Crippen LogP contribution in [0.5, 0.6) is 0 Å². The molecule has 0 unspecified atom stereocenters. The molecule has 1 aliphatic heterocycles. The van der Waals surface area contributed by atoms with Gasteiger partial charge in [-0.15, -0.1) is 0 Å². The molecule has 0 bridgehead atoms. The summed E-state index contributed by atoms with van der Waals surface area (Å²) in [4.78, 5) is 25.8. The normalized spacial score (nSPS) is 14.2. The van der Waals surface area contributed by atoms with Crippen molar-refractivity contribution in [2.45, 2.75) is 26.2 Å². The lowest BCUT2D eigenvalue weighted by molar-refractivity contribution is -0.385. The standard InChI is InChI=1S/C19H21N3O3/c1-14-8-7-9-15(18(14)22(24)25)19(23)20-16-10-3-4-11-17(16)21-12-5-2-6-13-21/h3-4,7-11H,2,5-6,12-13H2,1H3,(H,20,23). The van der Waals surface area contributed by atoms with Crippen molar-refractivity contribution in [3.05, 3.63) is 63.7 Å². The summed E-state index contributed by atoms with van der Waals surface area (Å²) in [6.45, 7) is 3.55. The SMILES string of the molecule is Cc1cccc(C(=O)Nc2ccccc2N2CCCCC2)c1[N+](=O)[O-]. The molecule has 0 atom stereocenters. The van der Waals surface area contributed by atoms with E-state index in [1.807, 2.05) is 24.3 Å². The summed E-state index contributed by atoms with van der Waals surface area (Å²) in [5, 5.41) is 14.2. The number of para-hydroxylation sites is 3. The van der Waals surface area contributed by atoms with Crippen LogP contribution in [0.4, 0.5) is 17.1 Å². The number of aryl methyl sites for hydroxylation is 1. The minimum Gasteiger partial charge on any atom is -0.370 e. The largest absolute Gasteiger partial charge is 0.370 e. The van der Waals surface area contributed by atoms with Gasteiger partial charge in [0.05, 0.1) is 16.3 Å². The Labute approximate surface area is 146 Å². The fourth-order valence-electron chi connectivity index (χ4n) is 3.26. The molecule has 3 rings (SSSR count). The van der Waals surface area contributed by atoms with Crippen LogP contribution in [0.3, 0.4) is 0 Å². The van der Waals surface area contributed by atoms with Gasteiger partial charge < -0.3 is 10.2 Å². The molecule has 6 heteroatoms. The Bertz CT molecular complexity index is 798. The van der Waals surface area contributed by atoms with Crippen LogP contribution in [0.15, 0.2) is 42.5 Å². The minimum atomic E-state index is -0.499. The number of nitrogens with zero attached hydrogens (tertiary/aromatic N) is 2. The smallest absolute Gasteiger partial charge is 0.285 e. The maximum absolute atomic E-state index is 12.7. The fraction of sp³-hybridized carbons (Fsp3) is 0.316. The zero-order chi connectivity index (χ0) is 17.8. The van der Waals surface area contributed by atoms with Gasteiger partial charge in [-0.25, -0.2) is 0 Å². The number of nitrogens with one attached hydrogen (secondary N) is 1. The van der Waals surface area contributed by atoms with E-state index in [4.69, 9.17) is 0 Å². The van der Waals surface area contributed by atoms with Gasteiger partial charge in [0, 0.05) is 18.7 Å². The van der Waals surface area contributed by atoms with Crippen LogP contribution in [0.2, 0.25) is 0 Å². The average Bonchev–Trinajstić information content (AvgIpc) is 2.62. The van der Waals surface area contributed by atoms with Gasteiger partial charge in [0.15, 0.2) is 0 Å². The Hall–Kier alpha value is -2.89. The number of carbonyl (C=O) groups excluding carboxylic acids is 1. The third-order valence-corrected chi connectivity index (χ3v) is 4.51. The maximum atomic E-state index is 12.7. The molecular formula is C19H21N3O3. The van der Waals surface area contributed by atoms with Crippen LogP contribution in [0, 0.1) is 17.0 Å². The predicted molar refractivity (Wildman–Crippen MR) is 98.3 cm³/mol. The van der Waals surface area contributed by atoms with E-state index in [0.717, 1.165) is 31.6 Å². The maximum Gasteiger partial charge on any atom is 0.285 e. The van der Waals surface area contributed by atoms with Crippen LogP contribution >= 0.6 is 0 Å². The fourth-order valence-corrected chi connectivity index (χ4v) is 3.26. The van der Waals surface area contributed by atoms with Gasteiger partial charge in [0.1, 0.15) is 5.56 Å². The highest BCUT2D eigenvalue weighted by Crippen LogP contribution is 2.30. The number of amides is 1. The predicted octanol–water partition coefficient (Wildman–Crippen LogP) is 4.15. The molecular weight excluding hydrogens is 318 g/mol. The third-order valence-electron chi connectivity index (χ3n) is 4.51. The van der Waals surface area contributed by atoms with E-state index < -0.39 is 10.8 Å². The number of piperidine rings is 1. The number of hydrogen-bond donors (Lipinski definition) is 1. The van der Waals surface area contributed by atoms with Gasteiger partial charge in [-0.2, -0.15) is 0 Å². The van der Waals surface area contributed by atoms with E-state index >= 15 is 0 Å². The van der Waals surface area contributed by atoms with Crippen molar-refractivity contribution in [1.29, 1.82) is 0 Å². The van der Waals surface area contributed by atoms with Gasteiger partial charge in [-0.05, 0) is 44.4 Å². The molecule has 6 nitrogen and oxygen atoms in total.